The molecule has 0 bridgehead atoms. The smallest absolute Gasteiger partial charge is 0.341 e. The average molecular weight is 420 g/mol. The Kier molecular flexibility index (Phi) is 7.61. The molecule has 0 heterocycles. The van der Waals surface area contributed by atoms with Gasteiger partial charge in [-0.3, -0.25) is 4.79 Å². The SMILES string of the molecule is C[C@H](OC(=O)c1ccccc1NCCO)C(=O)Nc1ccc(Oc2ccccc2)cc1. The van der Waals surface area contributed by atoms with Crippen LogP contribution in [0.3, 0.4) is 0 Å². The molecular weight excluding hydrogens is 396 g/mol. The molecule has 0 aliphatic heterocycles. The number of carbonyl (C=O) groups is 2. The van der Waals surface area contributed by atoms with Crippen LogP contribution in [0, 0.1) is 0 Å². The number of esters is 1. The van der Waals surface area contributed by atoms with Crippen LogP contribution in [0.25, 0.3) is 0 Å². The molecule has 31 heavy (non-hydrogen) atoms. The third kappa shape index (κ3) is 6.32. The van der Waals surface area contributed by atoms with Gasteiger partial charge in [0.1, 0.15) is 11.5 Å². The Morgan fingerprint density at radius 1 is 0.903 bits per heavy atom. The zero-order valence-electron chi connectivity index (χ0n) is 17.1. The molecule has 3 rings (SSSR count). The van der Waals surface area contributed by atoms with Gasteiger partial charge in [-0.1, -0.05) is 30.3 Å². The molecule has 7 nitrogen and oxygen atoms in total. The van der Waals surface area contributed by atoms with E-state index in [0.29, 0.717) is 29.4 Å². The Balaban J connectivity index is 1.56. The van der Waals surface area contributed by atoms with Crippen molar-refractivity contribution in [3.63, 3.8) is 0 Å². The zero-order valence-corrected chi connectivity index (χ0v) is 17.1. The number of hydrogen-bond acceptors (Lipinski definition) is 6. The Morgan fingerprint density at radius 2 is 1.55 bits per heavy atom. The van der Waals surface area contributed by atoms with E-state index in [9.17, 15) is 9.59 Å². The van der Waals surface area contributed by atoms with Gasteiger partial charge in [0.15, 0.2) is 6.10 Å². The summed E-state index contributed by atoms with van der Waals surface area (Å²) in [7, 11) is 0. The van der Waals surface area contributed by atoms with Crippen molar-refractivity contribution >= 4 is 23.3 Å². The fourth-order valence-corrected chi connectivity index (χ4v) is 2.76. The van der Waals surface area contributed by atoms with Crippen molar-refractivity contribution in [3.05, 3.63) is 84.4 Å². The van der Waals surface area contributed by atoms with Crippen molar-refractivity contribution < 1.29 is 24.2 Å². The normalized spacial score (nSPS) is 11.3. The fourth-order valence-electron chi connectivity index (χ4n) is 2.76. The van der Waals surface area contributed by atoms with Crippen molar-refractivity contribution in [1.82, 2.24) is 0 Å². The van der Waals surface area contributed by atoms with Crippen molar-refractivity contribution in [1.29, 1.82) is 0 Å². The molecule has 0 saturated heterocycles. The first-order chi connectivity index (χ1) is 15.1. The van der Waals surface area contributed by atoms with Crippen LogP contribution in [0.4, 0.5) is 11.4 Å². The lowest BCUT2D eigenvalue weighted by molar-refractivity contribution is -0.123. The Morgan fingerprint density at radius 3 is 2.26 bits per heavy atom. The van der Waals surface area contributed by atoms with Crippen molar-refractivity contribution in [2.24, 2.45) is 0 Å². The second-order valence-corrected chi connectivity index (χ2v) is 6.67. The number of para-hydroxylation sites is 2. The highest BCUT2D eigenvalue weighted by molar-refractivity contribution is 5.99. The highest BCUT2D eigenvalue weighted by atomic mass is 16.5. The zero-order chi connectivity index (χ0) is 22.1. The number of aliphatic hydroxyl groups excluding tert-OH is 1. The minimum Gasteiger partial charge on any atom is -0.457 e. The van der Waals surface area contributed by atoms with Gasteiger partial charge >= 0.3 is 5.97 Å². The van der Waals surface area contributed by atoms with Crippen LogP contribution in [-0.2, 0) is 9.53 Å². The van der Waals surface area contributed by atoms with E-state index < -0.39 is 18.0 Å². The van der Waals surface area contributed by atoms with E-state index in [1.165, 1.54) is 6.92 Å². The van der Waals surface area contributed by atoms with Gasteiger partial charge < -0.3 is 25.2 Å². The van der Waals surface area contributed by atoms with Crippen LogP contribution < -0.4 is 15.4 Å². The second-order valence-electron chi connectivity index (χ2n) is 6.67. The molecule has 0 aromatic heterocycles. The summed E-state index contributed by atoms with van der Waals surface area (Å²) in [5, 5.41) is 14.6. The summed E-state index contributed by atoms with van der Waals surface area (Å²) in [4.78, 5) is 24.9. The number of hydrogen-bond donors (Lipinski definition) is 3. The maximum absolute atomic E-state index is 12.5. The maximum atomic E-state index is 12.5. The number of ether oxygens (including phenoxy) is 2. The van der Waals surface area contributed by atoms with Crippen molar-refractivity contribution in [2.45, 2.75) is 13.0 Å². The molecule has 0 fully saturated rings. The van der Waals surface area contributed by atoms with Gasteiger partial charge in [0.05, 0.1) is 12.2 Å². The summed E-state index contributed by atoms with van der Waals surface area (Å²) >= 11 is 0. The standard InChI is InChI=1S/C24H24N2O5/c1-17(30-24(29)21-9-5-6-10-22(21)25-15-16-27)23(28)26-18-11-13-20(14-12-18)31-19-7-3-2-4-8-19/h2-14,17,25,27H,15-16H2,1H3,(H,26,28)/t17-/m0/s1. The van der Waals surface area contributed by atoms with Crippen LogP contribution in [0.1, 0.15) is 17.3 Å². The van der Waals surface area contributed by atoms with Gasteiger partial charge in [-0.2, -0.15) is 0 Å². The molecule has 160 valence electrons. The molecule has 3 N–H and O–H groups in total. The fraction of sp³-hybridized carbons (Fsp3) is 0.167. The van der Waals surface area contributed by atoms with Gasteiger partial charge in [0.2, 0.25) is 0 Å². The van der Waals surface area contributed by atoms with E-state index in [2.05, 4.69) is 10.6 Å². The minimum absolute atomic E-state index is 0.0721. The lowest BCUT2D eigenvalue weighted by atomic mass is 10.1. The van der Waals surface area contributed by atoms with Crippen molar-refractivity contribution in [3.8, 4) is 11.5 Å². The number of rotatable bonds is 9. The minimum atomic E-state index is -1.00. The predicted molar refractivity (Wildman–Crippen MR) is 118 cm³/mol. The average Bonchev–Trinajstić information content (AvgIpc) is 2.79. The van der Waals surface area contributed by atoms with Gasteiger partial charge in [0.25, 0.3) is 5.91 Å². The summed E-state index contributed by atoms with van der Waals surface area (Å²) in [6.07, 6.45) is -1.00. The van der Waals surface area contributed by atoms with E-state index in [0.717, 1.165) is 0 Å². The Bertz CT molecular complexity index is 1010. The summed E-state index contributed by atoms with van der Waals surface area (Å²) in [5.74, 6) is 0.269. The highest BCUT2D eigenvalue weighted by Crippen LogP contribution is 2.23. The first-order valence-corrected chi connectivity index (χ1v) is 9.85. The lowest BCUT2D eigenvalue weighted by Crippen LogP contribution is -2.30. The molecule has 0 unspecified atom stereocenters. The maximum Gasteiger partial charge on any atom is 0.341 e. The molecule has 0 aliphatic rings. The first-order valence-electron chi connectivity index (χ1n) is 9.85. The van der Waals surface area contributed by atoms with Crippen LogP contribution >= 0.6 is 0 Å². The van der Waals surface area contributed by atoms with Crippen LogP contribution in [0.2, 0.25) is 0 Å². The Labute approximate surface area is 180 Å². The molecule has 1 amide bonds. The number of nitrogens with one attached hydrogen (secondary N) is 2. The highest BCUT2D eigenvalue weighted by Gasteiger charge is 2.21. The Hall–Kier alpha value is -3.84. The van der Waals surface area contributed by atoms with Gasteiger partial charge in [-0.25, -0.2) is 4.79 Å². The molecule has 0 saturated carbocycles. The monoisotopic (exact) mass is 420 g/mol. The van der Waals surface area contributed by atoms with Crippen LogP contribution in [0.5, 0.6) is 11.5 Å². The van der Waals surface area contributed by atoms with Crippen molar-refractivity contribution in [2.75, 3.05) is 23.8 Å². The van der Waals surface area contributed by atoms with Gasteiger partial charge in [-0.05, 0) is 55.5 Å². The van der Waals surface area contributed by atoms with Gasteiger partial charge in [-0.15, -0.1) is 0 Å². The van der Waals surface area contributed by atoms with Gasteiger partial charge in [0, 0.05) is 17.9 Å². The molecule has 0 aliphatic carbocycles. The predicted octanol–water partition coefficient (Wildman–Crippen LogP) is 4.07. The number of aliphatic hydroxyl groups is 1. The van der Waals surface area contributed by atoms with E-state index in [1.807, 2.05) is 30.3 Å². The first kappa shape index (κ1) is 21.9. The molecule has 3 aromatic carbocycles. The third-order valence-corrected chi connectivity index (χ3v) is 4.33. The van der Waals surface area contributed by atoms with E-state index in [-0.39, 0.29) is 12.2 Å². The van der Waals surface area contributed by atoms with E-state index in [4.69, 9.17) is 14.6 Å². The molecule has 0 spiro atoms. The van der Waals surface area contributed by atoms with Crippen LogP contribution in [-0.4, -0.2) is 36.2 Å². The number of amides is 1. The van der Waals surface area contributed by atoms with E-state index >= 15 is 0 Å². The second kappa shape index (κ2) is 10.8. The molecular formula is C24H24N2O5. The quantitative estimate of drug-likeness (QED) is 0.452. The summed E-state index contributed by atoms with van der Waals surface area (Å²) in [6, 6.07) is 23.0. The molecule has 1 atom stereocenters. The lowest BCUT2D eigenvalue weighted by Gasteiger charge is -2.16. The topological polar surface area (TPSA) is 96.9 Å². The largest absolute Gasteiger partial charge is 0.457 e. The molecule has 3 aromatic rings. The number of anilines is 2. The van der Waals surface area contributed by atoms with E-state index in [1.54, 1.807) is 48.5 Å². The van der Waals surface area contributed by atoms with Crippen LogP contribution in [0.15, 0.2) is 78.9 Å². The number of benzene rings is 3. The summed E-state index contributed by atoms with van der Waals surface area (Å²) in [5.41, 5.74) is 1.37. The third-order valence-electron chi connectivity index (χ3n) is 4.33. The summed E-state index contributed by atoms with van der Waals surface area (Å²) < 4.78 is 11.0. The number of carbonyl (C=O) groups excluding carboxylic acids is 2. The molecule has 0 radical (unpaired) electrons. The summed E-state index contributed by atoms with van der Waals surface area (Å²) in [6.45, 7) is 1.73. The molecule has 7 heteroatoms.